The van der Waals surface area contributed by atoms with Gasteiger partial charge >= 0.3 is 0 Å². The summed E-state index contributed by atoms with van der Waals surface area (Å²) in [6, 6.07) is 3.73. The van der Waals surface area contributed by atoms with Crippen LogP contribution in [0, 0.1) is 19.3 Å². The van der Waals surface area contributed by atoms with Crippen LogP contribution in [0.2, 0.25) is 0 Å². The molecule has 2 N–H and O–H groups in total. The highest BCUT2D eigenvalue weighted by Crippen LogP contribution is 2.21. The number of rotatable bonds is 6. The molecule has 0 aliphatic carbocycles. The molecule has 0 saturated heterocycles. The van der Waals surface area contributed by atoms with Crippen molar-refractivity contribution in [2.75, 3.05) is 13.1 Å². The van der Waals surface area contributed by atoms with Crippen molar-refractivity contribution in [3.05, 3.63) is 28.8 Å². The summed E-state index contributed by atoms with van der Waals surface area (Å²) in [6.07, 6.45) is 0. The van der Waals surface area contributed by atoms with Gasteiger partial charge in [0.2, 0.25) is 10.0 Å². The van der Waals surface area contributed by atoms with Gasteiger partial charge < -0.3 is 5.32 Å². The minimum absolute atomic E-state index is 0.0851. The molecule has 0 saturated carbocycles. The molecule has 0 fully saturated rings. The fourth-order valence-corrected chi connectivity index (χ4v) is 3.56. The molecule has 5 heteroatoms. The lowest BCUT2D eigenvalue weighted by atomic mass is 9.98. The van der Waals surface area contributed by atoms with Crippen molar-refractivity contribution in [2.24, 2.45) is 5.41 Å². The molecule has 0 spiro atoms. The third-order valence-electron chi connectivity index (χ3n) is 3.28. The highest BCUT2D eigenvalue weighted by atomic mass is 32.2. The van der Waals surface area contributed by atoms with E-state index in [2.05, 4.69) is 10.0 Å². The van der Waals surface area contributed by atoms with Gasteiger partial charge in [-0.25, -0.2) is 13.1 Å². The molecule has 1 rings (SSSR count). The van der Waals surface area contributed by atoms with Crippen LogP contribution >= 0.6 is 0 Å². The van der Waals surface area contributed by atoms with E-state index in [1.54, 1.807) is 6.07 Å². The standard InChI is InChI=1S/C16H28N2O2S/c1-7-17-10-14-9-15(13(3)8-12(14)2)21(19,20)18-11-16(4,5)6/h8-9,17-18H,7,10-11H2,1-6H3. The third-order valence-corrected chi connectivity index (χ3v) is 4.82. The van der Waals surface area contributed by atoms with E-state index >= 15 is 0 Å². The summed E-state index contributed by atoms with van der Waals surface area (Å²) in [7, 11) is -3.47. The molecule has 1 aromatic carbocycles. The van der Waals surface area contributed by atoms with Crippen molar-refractivity contribution in [1.82, 2.24) is 10.0 Å². The highest BCUT2D eigenvalue weighted by molar-refractivity contribution is 7.89. The summed E-state index contributed by atoms with van der Waals surface area (Å²) >= 11 is 0. The molecular weight excluding hydrogens is 284 g/mol. The summed E-state index contributed by atoms with van der Waals surface area (Å²) in [4.78, 5) is 0.380. The van der Waals surface area contributed by atoms with Crippen LogP contribution in [-0.4, -0.2) is 21.5 Å². The van der Waals surface area contributed by atoms with E-state index < -0.39 is 10.0 Å². The average molecular weight is 312 g/mol. The molecule has 0 heterocycles. The number of hydrogen-bond donors (Lipinski definition) is 2. The Balaban J connectivity index is 3.10. The van der Waals surface area contributed by atoms with Gasteiger partial charge in [-0.15, -0.1) is 0 Å². The zero-order valence-corrected chi connectivity index (χ0v) is 14.8. The lowest BCUT2D eigenvalue weighted by Gasteiger charge is -2.20. The second-order valence-electron chi connectivity index (χ2n) is 6.71. The first-order valence-corrected chi connectivity index (χ1v) is 8.85. The number of aryl methyl sites for hydroxylation is 2. The Bertz CT molecular complexity index is 587. The monoisotopic (exact) mass is 312 g/mol. The Morgan fingerprint density at radius 1 is 1.10 bits per heavy atom. The number of sulfonamides is 1. The minimum atomic E-state index is -3.47. The quantitative estimate of drug-likeness (QED) is 0.849. The first kappa shape index (κ1) is 18.1. The van der Waals surface area contributed by atoms with Gasteiger partial charge in [-0.3, -0.25) is 0 Å². The maximum atomic E-state index is 12.5. The lowest BCUT2D eigenvalue weighted by Crippen LogP contribution is -2.32. The molecule has 0 aliphatic rings. The second-order valence-corrected chi connectivity index (χ2v) is 8.45. The van der Waals surface area contributed by atoms with Crippen LogP contribution < -0.4 is 10.0 Å². The van der Waals surface area contributed by atoms with Crippen molar-refractivity contribution >= 4 is 10.0 Å². The first-order chi connectivity index (χ1) is 9.57. The Labute approximate surface area is 129 Å². The first-order valence-electron chi connectivity index (χ1n) is 7.37. The van der Waals surface area contributed by atoms with Gasteiger partial charge in [0.1, 0.15) is 0 Å². The maximum absolute atomic E-state index is 12.5. The van der Waals surface area contributed by atoms with Crippen LogP contribution in [-0.2, 0) is 16.6 Å². The van der Waals surface area contributed by atoms with Gasteiger partial charge in [0.15, 0.2) is 0 Å². The van der Waals surface area contributed by atoms with Crippen molar-refractivity contribution in [3.63, 3.8) is 0 Å². The zero-order chi connectivity index (χ0) is 16.3. The van der Waals surface area contributed by atoms with Gasteiger partial charge in [0, 0.05) is 13.1 Å². The molecule has 0 radical (unpaired) electrons. The smallest absolute Gasteiger partial charge is 0.240 e. The number of hydrogen-bond acceptors (Lipinski definition) is 3. The number of benzene rings is 1. The highest BCUT2D eigenvalue weighted by Gasteiger charge is 2.21. The fraction of sp³-hybridized carbons (Fsp3) is 0.625. The second kappa shape index (κ2) is 6.90. The van der Waals surface area contributed by atoms with Crippen molar-refractivity contribution < 1.29 is 8.42 Å². The van der Waals surface area contributed by atoms with E-state index in [-0.39, 0.29) is 5.41 Å². The summed E-state index contributed by atoms with van der Waals surface area (Å²) in [6.45, 7) is 13.9. The van der Waals surface area contributed by atoms with Crippen molar-refractivity contribution in [1.29, 1.82) is 0 Å². The van der Waals surface area contributed by atoms with Gasteiger partial charge in [0.25, 0.3) is 0 Å². The van der Waals surface area contributed by atoms with E-state index in [4.69, 9.17) is 0 Å². The Morgan fingerprint density at radius 3 is 2.24 bits per heavy atom. The zero-order valence-electron chi connectivity index (χ0n) is 14.0. The molecular formula is C16H28N2O2S. The third kappa shape index (κ3) is 5.41. The van der Waals surface area contributed by atoms with Crippen LogP contribution in [0.5, 0.6) is 0 Å². The van der Waals surface area contributed by atoms with E-state index in [1.165, 1.54) is 0 Å². The normalized spacial score (nSPS) is 12.7. The van der Waals surface area contributed by atoms with E-state index in [1.807, 2.05) is 47.6 Å². The topological polar surface area (TPSA) is 58.2 Å². The van der Waals surface area contributed by atoms with Crippen LogP contribution in [0.25, 0.3) is 0 Å². The molecule has 21 heavy (non-hydrogen) atoms. The van der Waals surface area contributed by atoms with Gasteiger partial charge in [-0.05, 0) is 48.6 Å². The maximum Gasteiger partial charge on any atom is 0.240 e. The molecule has 0 amide bonds. The van der Waals surface area contributed by atoms with Crippen LogP contribution in [0.4, 0.5) is 0 Å². The molecule has 0 aliphatic heterocycles. The summed E-state index contributed by atoms with van der Waals surface area (Å²) in [5, 5.41) is 3.24. The average Bonchev–Trinajstić information content (AvgIpc) is 2.34. The molecule has 120 valence electrons. The van der Waals surface area contributed by atoms with Crippen LogP contribution in [0.1, 0.15) is 44.4 Å². The minimum Gasteiger partial charge on any atom is -0.313 e. The van der Waals surface area contributed by atoms with Gasteiger partial charge in [0.05, 0.1) is 4.90 Å². The number of nitrogens with one attached hydrogen (secondary N) is 2. The summed E-state index contributed by atoms with van der Waals surface area (Å²) in [5.74, 6) is 0. The molecule has 1 aromatic rings. The van der Waals surface area contributed by atoms with Gasteiger partial charge in [-0.1, -0.05) is 33.8 Å². The van der Waals surface area contributed by atoms with E-state index in [0.717, 1.165) is 23.2 Å². The molecule has 0 aromatic heterocycles. The van der Waals surface area contributed by atoms with Gasteiger partial charge in [-0.2, -0.15) is 0 Å². The van der Waals surface area contributed by atoms with E-state index in [9.17, 15) is 8.42 Å². The predicted molar refractivity (Wildman–Crippen MR) is 87.9 cm³/mol. The van der Waals surface area contributed by atoms with Crippen LogP contribution in [0.3, 0.4) is 0 Å². The Morgan fingerprint density at radius 2 is 1.71 bits per heavy atom. The largest absolute Gasteiger partial charge is 0.313 e. The Hall–Kier alpha value is -0.910. The lowest BCUT2D eigenvalue weighted by molar-refractivity contribution is 0.407. The fourth-order valence-electron chi connectivity index (χ4n) is 2.00. The predicted octanol–water partition coefficient (Wildman–Crippen LogP) is 2.74. The molecule has 4 nitrogen and oxygen atoms in total. The Kier molecular flexibility index (Phi) is 5.96. The van der Waals surface area contributed by atoms with Crippen molar-refractivity contribution in [2.45, 2.75) is 53.0 Å². The van der Waals surface area contributed by atoms with Crippen molar-refractivity contribution in [3.8, 4) is 0 Å². The SMILES string of the molecule is CCNCc1cc(S(=O)(=O)NCC(C)(C)C)c(C)cc1C. The molecule has 0 unspecified atom stereocenters. The molecule has 0 bridgehead atoms. The summed E-state index contributed by atoms with van der Waals surface area (Å²) in [5.41, 5.74) is 2.84. The van der Waals surface area contributed by atoms with E-state index in [0.29, 0.717) is 18.0 Å². The summed E-state index contributed by atoms with van der Waals surface area (Å²) < 4.78 is 27.7. The molecule has 0 atom stereocenters. The van der Waals surface area contributed by atoms with Crippen LogP contribution in [0.15, 0.2) is 17.0 Å².